The first kappa shape index (κ1) is 9.88. The van der Waals surface area contributed by atoms with E-state index in [-0.39, 0.29) is 12.4 Å². The molecule has 1 aromatic heterocycles. The Hall–Kier alpha value is -1.66. The highest BCUT2D eigenvalue weighted by Gasteiger charge is 2.16. The summed E-state index contributed by atoms with van der Waals surface area (Å²) >= 11 is 0. The Bertz CT molecular complexity index is 440. The number of aromatic nitrogens is 2. The molecule has 6 heteroatoms. The van der Waals surface area contributed by atoms with Crippen LogP contribution < -0.4 is 11.4 Å². The van der Waals surface area contributed by atoms with E-state index in [1.807, 2.05) is 0 Å². The number of aliphatic hydroxyl groups excluding tert-OH is 1. The number of nitrogen functional groups attached to an aromatic ring is 1. The van der Waals surface area contributed by atoms with Crippen molar-refractivity contribution in [2.45, 2.75) is 12.3 Å². The normalized spacial score (nSPS) is 25.4. The molecule has 3 N–H and O–H groups in total. The van der Waals surface area contributed by atoms with Gasteiger partial charge in [0.1, 0.15) is 5.82 Å². The fourth-order valence-electron chi connectivity index (χ4n) is 1.32. The number of aliphatic hydroxyl groups is 1. The number of rotatable bonds is 1. The maximum atomic E-state index is 11.4. The summed E-state index contributed by atoms with van der Waals surface area (Å²) in [5.41, 5.74) is 4.88. The highest BCUT2D eigenvalue weighted by Crippen LogP contribution is 2.13. The second-order valence-electron chi connectivity index (χ2n) is 3.22. The van der Waals surface area contributed by atoms with E-state index in [1.165, 1.54) is 16.8 Å². The second-order valence-corrected chi connectivity index (χ2v) is 3.22. The third-order valence-electron chi connectivity index (χ3n) is 2.06. The van der Waals surface area contributed by atoms with Gasteiger partial charge in [-0.15, -0.1) is 0 Å². The van der Waals surface area contributed by atoms with Gasteiger partial charge in [0, 0.05) is 6.20 Å². The summed E-state index contributed by atoms with van der Waals surface area (Å²) in [5, 5.41) is 9.15. The van der Waals surface area contributed by atoms with E-state index >= 15 is 0 Å². The predicted octanol–water partition coefficient (Wildman–Crippen LogP) is -0.729. The van der Waals surface area contributed by atoms with Gasteiger partial charge in [-0.3, -0.25) is 4.57 Å². The van der Waals surface area contributed by atoms with Gasteiger partial charge in [0.15, 0.2) is 6.23 Å². The van der Waals surface area contributed by atoms with E-state index in [9.17, 15) is 4.79 Å². The number of hydrogen-bond acceptors (Lipinski definition) is 5. The largest absolute Gasteiger partial charge is 0.387 e. The van der Waals surface area contributed by atoms with Crippen LogP contribution >= 0.6 is 0 Å². The molecule has 0 spiro atoms. The summed E-state index contributed by atoms with van der Waals surface area (Å²) in [6.45, 7) is 0.165. The molecule has 2 atom stereocenters. The van der Waals surface area contributed by atoms with E-state index in [4.69, 9.17) is 15.6 Å². The highest BCUT2D eigenvalue weighted by molar-refractivity contribution is 5.23. The van der Waals surface area contributed by atoms with Gasteiger partial charge in [0.25, 0.3) is 0 Å². The van der Waals surface area contributed by atoms with Crippen molar-refractivity contribution in [1.82, 2.24) is 9.55 Å². The number of anilines is 1. The molecule has 0 saturated carbocycles. The predicted molar refractivity (Wildman–Crippen MR) is 53.0 cm³/mol. The standard InChI is InChI=1S/C9H11N3O3/c10-7-3-4-12(9(14)11-7)8-2-1-6(13)5-15-8/h1-4,6,8,13H,5H2,(H2,10,11,14)/t6-,8-/m0/s1. The molecular formula is C9H11N3O3. The van der Waals surface area contributed by atoms with Crippen LogP contribution in [0.15, 0.2) is 29.2 Å². The minimum atomic E-state index is -0.612. The Kier molecular flexibility index (Phi) is 2.53. The fourth-order valence-corrected chi connectivity index (χ4v) is 1.32. The minimum Gasteiger partial charge on any atom is -0.387 e. The second kappa shape index (κ2) is 3.84. The molecule has 0 fully saturated rings. The highest BCUT2D eigenvalue weighted by atomic mass is 16.5. The Morgan fingerprint density at radius 1 is 1.60 bits per heavy atom. The van der Waals surface area contributed by atoms with Crippen LogP contribution in [0.1, 0.15) is 6.23 Å². The van der Waals surface area contributed by atoms with Gasteiger partial charge >= 0.3 is 5.69 Å². The van der Waals surface area contributed by atoms with E-state index in [1.54, 1.807) is 12.2 Å². The summed E-state index contributed by atoms with van der Waals surface area (Å²) in [4.78, 5) is 15.0. The molecule has 0 amide bonds. The molecule has 0 aliphatic carbocycles. The van der Waals surface area contributed by atoms with Crippen LogP contribution in [0.25, 0.3) is 0 Å². The topological polar surface area (TPSA) is 90.4 Å². The van der Waals surface area contributed by atoms with Gasteiger partial charge < -0.3 is 15.6 Å². The van der Waals surface area contributed by atoms with Crippen molar-refractivity contribution in [2.24, 2.45) is 0 Å². The molecule has 0 saturated heterocycles. The van der Waals surface area contributed by atoms with Crippen LogP contribution in [0.3, 0.4) is 0 Å². The van der Waals surface area contributed by atoms with Gasteiger partial charge in [-0.2, -0.15) is 4.98 Å². The van der Waals surface area contributed by atoms with Crippen LogP contribution in [-0.2, 0) is 4.74 Å². The molecule has 0 unspecified atom stereocenters. The Balaban J connectivity index is 2.31. The molecule has 0 aromatic carbocycles. The quantitative estimate of drug-likeness (QED) is 0.595. The summed E-state index contributed by atoms with van der Waals surface area (Å²) < 4.78 is 6.55. The average molecular weight is 209 g/mol. The summed E-state index contributed by atoms with van der Waals surface area (Å²) in [6, 6.07) is 1.52. The van der Waals surface area contributed by atoms with E-state index in [0.29, 0.717) is 0 Å². The fraction of sp³-hybridized carbons (Fsp3) is 0.333. The van der Waals surface area contributed by atoms with Crippen LogP contribution in [0.5, 0.6) is 0 Å². The SMILES string of the molecule is Nc1ccn([C@@H]2C=C[C@H](O)CO2)c(=O)n1. The van der Waals surface area contributed by atoms with Crippen molar-refractivity contribution >= 4 is 5.82 Å². The van der Waals surface area contributed by atoms with Gasteiger partial charge in [-0.25, -0.2) is 4.79 Å². The minimum absolute atomic E-state index is 0.165. The van der Waals surface area contributed by atoms with Crippen LogP contribution in [0, 0.1) is 0 Å². The van der Waals surface area contributed by atoms with Gasteiger partial charge in [-0.1, -0.05) is 6.08 Å². The lowest BCUT2D eigenvalue weighted by atomic mass is 10.3. The van der Waals surface area contributed by atoms with Gasteiger partial charge in [0.2, 0.25) is 0 Å². The molecule has 0 radical (unpaired) electrons. The Labute approximate surface area is 85.6 Å². The molecule has 1 aliphatic rings. The molecule has 1 aliphatic heterocycles. The van der Waals surface area contributed by atoms with Gasteiger partial charge in [0.05, 0.1) is 12.7 Å². The van der Waals surface area contributed by atoms with Crippen LogP contribution in [0.4, 0.5) is 5.82 Å². The van der Waals surface area contributed by atoms with E-state index in [2.05, 4.69) is 4.98 Å². The molecule has 0 bridgehead atoms. The number of ether oxygens (including phenoxy) is 1. The monoisotopic (exact) mass is 209 g/mol. The summed E-state index contributed by atoms with van der Waals surface area (Å²) in [7, 11) is 0. The van der Waals surface area contributed by atoms with Crippen molar-refractivity contribution in [3.63, 3.8) is 0 Å². The zero-order valence-corrected chi connectivity index (χ0v) is 7.91. The third kappa shape index (κ3) is 2.05. The maximum Gasteiger partial charge on any atom is 0.351 e. The van der Waals surface area contributed by atoms with Crippen molar-refractivity contribution < 1.29 is 9.84 Å². The smallest absolute Gasteiger partial charge is 0.351 e. The average Bonchev–Trinajstić information content (AvgIpc) is 2.20. The first-order valence-electron chi connectivity index (χ1n) is 4.49. The molecule has 6 nitrogen and oxygen atoms in total. The number of nitrogens with zero attached hydrogens (tertiary/aromatic N) is 2. The zero-order valence-electron chi connectivity index (χ0n) is 7.91. The molecule has 1 aromatic rings. The Morgan fingerprint density at radius 2 is 2.40 bits per heavy atom. The van der Waals surface area contributed by atoms with Crippen molar-refractivity contribution in [2.75, 3.05) is 12.3 Å². The molecule has 2 rings (SSSR count). The molecule has 2 heterocycles. The number of hydrogen-bond donors (Lipinski definition) is 2. The lowest BCUT2D eigenvalue weighted by Gasteiger charge is -2.21. The van der Waals surface area contributed by atoms with Gasteiger partial charge in [-0.05, 0) is 12.1 Å². The lowest BCUT2D eigenvalue weighted by Crippen LogP contribution is -2.31. The third-order valence-corrected chi connectivity index (χ3v) is 2.06. The van der Waals surface area contributed by atoms with Crippen LogP contribution in [-0.4, -0.2) is 27.4 Å². The Morgan fingerprint density at radius 3 is 3.00 bits per heavy atom. The first-order chi connectivity index (χ1) is 7.16. The van der Waals surface area contributed by atoms with Crippen LogP contribution in [0.2, 0.25) is 0 Å². The zero-order chi connectivity index (χ0) is 10.8. The molecular weight excluding hydrogens is 198 g/mol. The van der Waals surface area contributed by atoms with Crippen molar-refractivity contribution in [3.8, 4) is 0 Å². The molecule has 80 valence electrons. The number of nitrogens with two attached hydrogens (primary N) is 1. The summed E-state index contributed by atoms with van der Waals surface area (Å²) in [5.74, 6) is 0.177. The van der Waals surface area contributed by atoms with Crippen molar-refractivity contribution in [1.29, 1.82) is 0 Å². The summed E-state index contributed by atoms with van der Waals surface area (Å²) in [6.07, 6.45) is 3.56. The molecule has 15 heavy (non-hydrogen) atoms. The first-order valence-corrected chi connectivity index (χ1v) is 4.49. The maximum absolute atomic E-state index is 11.4. The lowest BCUT2D eigenvalue weighted by molar-refractivity contribution is -0.0202. The van der Waals surface area contributed by atoms with Crippen molar-refractivity contribution in [3.05, 3.63) is 34.9 Å². The van der Waals surface area contributed by atoms with E-state index < -0.39 is 18.0 Å². The van der Waals surface area contributed by atoms with E-state index in [0.717, 1.165) is 0 Å².